The van der Waals surface area contributed by atoms with Crippen LogP contribution in [-0.4, -0.2) is 5.11 Å². The molecule has 0 aliphatic carbocycles. The lowest BCUT2D eigenvalue weighted by atomic mass is 10.1. The minimum absolute atomic E-state index is 0.130. The summed E-state index contributed by atoms with van der Waals surface area (Å²) in [6, 6.07) is 9.55. The number of hydrogen-bond donors (Lipinski definition) is 2. The molecule has 3 nitrogen and oxygen atoms in total. The minimum Gasteiger partial charge on any atom is -0.508 e. The SMILES string of the molecule is Cc1ccc(O)c(CNC(C)c2ccco2)c1. The van der Waals surface area contributed by atoms with E-state index in [2.05, 4.69) is 5.32 Å². The first-order valence-corrected chi connectivity index (χ1v) is 5.72. The Morgan fingerprint density at radius 3 is 2.88 bits per heavy atom. The third kappa shape index (κ3) is 2.88. The molecule has 2 aromatic rings. The van der Waals surface area contributed by atoms with Crippen LogP contribution in [0.5, 0.6) is 5.75 Å². The largest absolute Gasteiger partial charge is 0.508 e. The minimum atomic E-state index is 0.130. The summed E-state index contributed by atoms with van der Waals surface area (Å²) >= 11 is 0. The molecule has 1 unspecified atom stereocenters. The second-order valence-corrected chi connectivity index (χ2v) is 4.25. The van der Waals surface area contributed by atoms with Crippen LogP contribution in [0.4, 0.5) is 0 Å². The van der Waals surface area contributed by atoms with Crippen LogP contribution in [0.2, 0.25) is 0 Å². The van der Waals surface area contributed by atoms with E-state index in [0.717, 1.165) is 16.9 Å². The molecule has 1 aromatic carbocycles. The van der Waals surface area contributed by atoms with Gasteiger partial charge in [-0.1, -0.05) is 17.7 Å². The molecule has 0 radical (unpaired) electrons. The van der Waals surface area contributed by atoms with E-state index in [-0.39, 0.29) is 6.04 Å². The first kappa shape index (κ1) is 11.7. The lowest BCUT2D eigenvalue weighted by Gasteiger charge is -2.12. The first-order valence-electron chi connectivity index (χ1n) is 5.72. The van der Waals surface area contributed by atoms with Crippen LogP contribution in [0.25, 0.3) is 0 Å². The Morgan fingerprint density at radius 2 is 2.18 bits per heavy atom. The van der Waals surface area contributed by atoms with Gasteiger partial charge in [-0.3, -0.25) is 0 Å². The Balaban J connectivity index is 2.00. The normalized spacial score (nSPS) is 12.6. The van der Waals surface area contributed by atoms with Crippen LogP contribution in [0.15, 0.2) is 41.0 Å². The maximum absolute atomic E-state index is 9.71. The number of furan rings is 1. The second kappa shape index (κ2) is 5.06. The van der Waals surface area contributed by atoms with Crippen molar-refractivity contribution in [3.63, 3.8) is 0 Å². The highest BCUT2D eigenvalue weighted by Crippen LogP contribution is 2.19. The van der Waals surface area contributed by atoms with Gasteiger partial charge in [0.1, 0.15) is 11.5 Å². The van der Waals surface area contributed by atoms with Crippen molar-refractivity contribution in [3.8, 4) is 5.75 Å². The van der Waals surface area contributed by atoms with E-state index in [1.165, 1.54) is 0 Å². The van der Waals surface area contributed by atoms with Gasteiger partial charge >= 0.3 is 0 Å². The van der Waals surface area contributed by atoms with Crippen molar-refractivity contribution in [2.45, 2.75) is 26.4 Å². The zero-order valence-electron chi connectivity index (χ0n) is 10.1. The zero-order valence-corrected chi connectivity index (χ0v) is 10.1. The number of aryl methyl sites for hydroxylation is 1. The van der Waals surface area contributed by atoms with Crippen LogP contribution in [0.1, 0.15) is 29.9 Å². The molecular formula is C14H17NO2. The molecule has 2 rings (SSSR count). The quantitative estimate of drug-likeness (QED) is 0.849. The van der Waals surface area contributed by atoms with Crippen molar-refractivity contribution in [1.82, 2.24) is 5.32 Å². The van der Waals surface area contributed by atoms with E-state index in [4.69, 9.17) is 4.42 Å². The molecule has 1 heterocycles. The Hall–Kier alpha value is -1.74. The summed E-state index contributed by atoms with van der Waals surface area (Å²) in [6.07, 6.45) is 1.66. The molecule has 0 bridgehead atoms. The maximum Gasteiger partial charge on any atom is 0.120 e. The number of phenolic OH excluding ortho intramolecular Hbond substituents is 1. The molecule has 0 spiro atoms. The van der Waals surface area contributed by atoms with Crippen molar-refractivity contribution in [2.24, 2.45) is 0 Å². The van der Waals surface area contributed by atoms with Crippen LogP contribution < -0.4 is 5.32 Å². The van der Waals surface area contributed by atoms with Gasteiger partial charge in [0, 0.05) is 12.1 Å². The topological polar surface area (TPSA) is 45.4 Å². The Bertz CT molecular complexity index is 477. The third-order valence-electron chi connectivity index (χ3n) is 2.80. The number of phenols is 1. The molecule has 3 heteroatoms. The Labute approximate surface area is 101 Å². The van der Waals surface area contributed by atoms with E-state index < -0.39 is 0 Å². The molecule has 0 amide bonds. The number of benzene rings is 1. The van der Waals surface area contributed by atoms with Gasteiger partial charge in [0.05, 0.1) is 12.3 Å². The molecule has 0 aliphatic heterocycles. The first-order chi connectivity index (χ1) is 8.16. The van der Waals surface area contributed by atoms with Crippen molar-refractivity contribution < 1.29 is 9.52 Å². The van der Waals surface area contributed by atoms with Gasteiger partial charge in [0.15, 0.2) is 0 Å². The van der Waals surface area contributed by atoms with Crippen LogP contribution in [0, 0.1) is 6.92 Å². The third-order valence-corrected chi connectivity index (χ3v) is 2.80. The lowest BCUT2D eigenvalue weighted by molar-refractivity contribution is 0.422. The molecule has 90 valence electrons. The fourth-order valence-electron chi connectivity index (χ4n) is 1.76. The van der Waals surface area contributed by atoms with E-state index in [9.17, 15) is 5.11 Å². The summed E-state index contributed by atoms with van der Waals surface area (Å²) in [6.45, 7) is 4.67. The highest BCUT2D eigenvalue weighted by molar-refractivity contribution is 5.35. The molecule has 2 N–H and O–H groups in total. The van der Waals surface area contributed by atoms with Crippen molar-refractivity contribution >= 4 is 0 Å². The van der Waals surface area contributed by atoms with Crippen LogP contribution >= 0.6 is 0 Å². The summed E-state index contributed by atoms with van der Waals surface area (Å²) in [7, 11) is 0. The van der Waals surface area contributed by atoms with Crippen molar-refractivity contribution in [1.29, 1.82) is 0 Å². The molecule has 1 aromatic heterocycles. The Kier molecular flexibility index (Phi) is 3.49. The van der Waals surface area contributed by atoms with Crippen molar-refractivity contribution in [2.75, 3.05) is 0 Å². The van der Waals surface area contributed by atoms with E-state index >= 15 is 0 Å². The van der Waals surface area contributed by atoms with Gasteiger partial charge in [-0.2, -0.15) is 0 Å². The smallest absolute Gasteiger partial charge is 0.120 e. The number of nitrogens with one attached hydrogen (secondary N) is 1. The van der Waals surface area contributed by atoms with Crippen molar-refractivity contribution in [3.05, 3.63) is 53.5 Å². The van der Waals surface area contributed by atoms with Gasteiger partial charge in [0.25, 0.3) is 0 Å². The molecule has 17 heavy (non-hydrogen) atoms. The van der Waals surface area contributed by atoms with E-state index in [1.54, 1.807) is 12.3 Å². The average molecular weight is 231 g/mol. The van der Waals surface area contributed by atoms with Gasteiger partial charge in [-0.05, 0) is 32.0 Å². The molecular weight excluding hydrogens is 214 g/mol. The second-order valence-electron chi connectivity index (χ2n) is 4.25. The van der Waals surface area contributed by atoms with Crippen LogP contribution in [-0.2, 0) is 6.54 Å². The zero-order chi connectivity index (χ0) is 12.3. The van der Waals surface area contributed by atoms with Gasteiger partial charge in [-0.15, -0.1) is 0 Å². The highest BCUT2D eigenvalue weighted by atomic mass is 16.3. The molecule has 0 aliphatic rings. The summed E-state index contributed by atoms with van der Waals surface area (Å²) < 4.78 is 5.31. The summed E-state index contributed by atoms with van der Waals surface area (Å²) in [4.78, 5) is 0. The van der Waals surface area contributed by atoms with E-state index in [1.807, 2.05) is 38.1 Å². The van der Waals surface area contributed by atoms with Crippen LogP contribution in [0.3, 0.4) is 0 Å². The van der Waals surface area contributed by atoms with Gasteiger partial charge < -0.3 is 14.8 Å². The molecule has 0 fully saturated rings. The summed E-state index contributed by atoms with van der Waals surface area (Å²) in [5.41, 5.74) is 2.05. The standard InChI is InChI=1S/C14H17NO2/c1-10-5-6-13(16)12(8-10)9-15-11(2)14-4-3-7-17-14/h3-8,11,15-16H,9H2,1-2H3. The number of rotatable bonds is 4. The van der Waals surface area contributed by atoms with E-state index in [0.29, 0.717) is 12.3 Å². The molecule has 0 saturated carbocycles. The lowest BCUT2D eigenvalue weighted by Crippen LogP contribution is -2.17. The number of hydrogen-bond acceptors (Lipinski definition) is 3. The maximum atomic E-state index is 9.71. The monoisotopic (exact) mass is 231 g/mol. The fraction of sp³-hybridized carbons (Fsp3) is 0.286. The number of aromatic hydroxyl groups is 1. The average Bonchev–Trinajstić information content (AvgIpc) is 2.83. The molecule has 0 saturated heterocycles. The Morgan fingerprint density at radius 1 is 1.35 bits per heavy atom. The predicted molar refractivity (Wildman–Crippen MR) is 66.8 cm³/mol. The molecule has 1 atom stereocenters. The predicted octanol–water partition coefficient (Wildman–Crippen LogP) is 3.14. The van der Waals surface area contributed by atoms with Gasteiger partial charge in [-0.25, -0.2) is 0 Å². The summed E-state index contributed by atoms with van der Waals surface area (Å²) in [5.74, 6) is 1.23. The van der Waals surface area contributed by atoms with Gasteiger partial charge in [0.2, 0.25) is 0 Å². The highest BCUT2D eigenvalue weighted by Gasteiger charge is 2.08. The summed E-state index contributed by atoms with van der Waals surface area (Å²) in [5, 5.41) is 13.0. The fourth-order valence-corrected chi connectivity index (χ4v) is 1.76.